The lowest BCUT2D eigenvalue weighted by Gasteiger charge is -2.29. The molecule has 0 aliphatic carbocycles. The highest BCUT2D eigenvalue weighted by Gasteiger charge is 2.29. The summed E-state index contributed by atoms with van der Waals surface area (Å²) >= 11 is 0. The molecule has 1 N–H and O–H groups in total. The van der Waals surface area contributed by atoms with Gasteiger partial charge in [0.1, 0.15) is 5.75 Å². The fraction of sp³-hybridized carbons (Fsp3) is 0.500. The number of hydrogen-bond donors (Lipinski definition) is 1. The first kappa shape index (κ1) is 15.5. The molecular formula is C16H22N2O3. The van der Waals surface area contributed by atoms with Crippen molar-refractivity contribution in [3.05, 3.63) is 29.3 Å². The van der Waals surface area contributed by atoms with E-state index in [2.05, 4.69) is 5.32 Å². The van der Waals surface area contributed by atoms with E-state index in [1.54, 1.807) is 7.11 Å². The van der Waals surface area contributed by atoms with Crippen LogP contribution >= 0.6 is 0 Å². The molecule has 1 unspecified atom stereocenters. The minimum atomic E-state index is -0.133. The first-order valence-electron chi connectivity index (χ1n) is 7.21. The lowest BCUT2D eigenvalue weighted by Crippen LogP contribution is -2.44. The molecule has 114 valence electrons. The van der Waals surface area contributed by atoms with E-state index < -0.39 is 0 Å². The van der Waals surface area contributed by atoms with Gasteiger partial charge in [-0.3, -0.25) is 14.5 Å². The van der Waals surface area contributed by atoms with Crippen LogP contribution in [0, 0.1) is 6.92 Å². The minimum Gasteiger partial charge on any atom is -0.496 e. The number of benzene rings is 1. The van der Waals surface area contributed by atoms with E-state index in [0.29, 0.717) is 25.8 Å². The minimum absolute atomic E-state index is 0.0851. The van der Waals surface area contributed by atoms with E-state index in [-0.39, 0.29) is 17.9 Å². The molecule has 1 aliphatic heterocycles. The summed E-state index contributed by atoms with van der Waals surface area (Å²) in [7, 11) is 3.45. The van der Waals surface area contributed by atoms with Crippen LogP contribution in [0.1, 0.15) is 36.4 Å². The normalized spacial score (nSPS) is 17.0. The number of piperidine rings is 1. The van der Waals surface area contributed by atoms with Gasteiger partial charge in [-0.15, -0.1) is 0 Å². The maximum absolute atomic E-state index is 12.0. The molecule has 2 amide bonds. The number of carbonyl (C=O) groups excluding carboxylic acids is 2. The van der Waals surface area contributed by atoms with Gasteiger partial charge in [0.15, 0.2) is 0 Å². The van der Waals surface area contributed by atoms with Gasteiger partial charge in [0.05, 0.1) is 13.2 Å². The molecule has 2 rings (SSSR count). The zero-order chi connectivity index (χ0) is 15.4. The molecule has 0 saturated carbocycles. The first-order valence-corrected chi connectivity index (χ1v) is 7.21. The Bertz CT molecular complexity index is 526. The lowest BCUT2D eigenvalue weighted by molar-refractivity contribution is -0.148. The van der Waals surface area contributed by atoms with Crippen molar-refractivity contribution in [2.45, 2.75) is 32.2 Å². The lowest BCUT2D eigenvalue weighted by atomic mass is 10.0. The molecule has 0 aromatic heterocycles. The maximum Gasteiger partial charge on any atom is 0.229 e. The van der Waals surface area contributed by atoms with Crippen LogP contribution in [0.25, 0.3) is 0 Å². The Labute approximate surface area is 125 Å². The largest absolute Gasteiger partial charge is 0.496 e. The number of nitrogens with zero attached hydrogens (tertiary/aromatic N) is 1. The van der Waals surface area contributed by atoms with Gasteiger partial charge in [-0.1, -0.05) is 17.7 Å². The molecule has 0 spiro atoms. The highest BCUT2D eigenvalue weighted by molar-refractivity contribution is 5.97. The van der Waals surface area contributed by atoms with Gasteiger partial charge < -0.3 is 10.1 Å². The number of methoxy groups -OCH3 is 1. The van der Waals surface area contributed by atoms with Crippen LogP contribution < -0.4 is 10.1 Å². The SMILES string of the molecule is CNC(CN1C(=O)CCCC1=O)c1cc(C)ccc1OC. The zero-order valence-electron chi connectivity index (χ0n) is 12.8. The van der Waals surface area contributed by atoms with Crippen LogP contribution in [-0.4, -0.2) is 37.4 Å². The molecule has 1 aromatic rings. The molecule has 1 aliphatic rings. The number of likely N-dealkylation sites (N-methyl/N-ethyl adjacent to an activating group) is 1. The number of likely N-dealkylation sites (tertiary alicyclic amines) is 1. The van der Waals surface area contributed by atoms with E-state index in [4.69, 9.17) is 4.74 Å². The highest BCUT2D eigenvalue weighted by Crippen LogP contribution is 2.28. The monoisotopic (exact) mass is 290 g/mol. The van der Waals surface area contributed by atoms with Crippen molar-refractivity contribution in [1.82, 2.24) is 10.2 Å². The van der Waals surface area contributed by atoms with Gasteiger partial charge in [-0.25, -0.2) is 0 Å². The molecule has 21 heavy (non-hydrogen) atoms. The van der Waals surface area contributed by atoms with Crippen molar-refractivity contribution in [2.24, 2.45) is 0 Å². The molecule has 5 heteroatoms. The average molecular weight is 290 g/mol. The molecule has 0 radical (unpaired) electrons. The summed E-state index contributed by atoms with van der Waals surface area (Å²) in [6.07, 6.45) is 1.56. The van der Waals surface area contributed by atoms with Crippen molar-refractivity contribution in [2.75, 3.05) is 20.7 Å². The fourth-order valence-electron chi connectivity index (χ4n) is 2.66. The summed E-state index contributed by atoms with van der Waals surface area (Å²) in [5.41, 5.74) is 2.08. The second-order valence-electron chi connectivity index (χ2n) is 5.34. The Balaban J connectivity index is 2.25. The molecule has 1 saturated heterocycles. The van der Waals surface area contributed by atoms with Crippen LogP contribution in [-0.2, 0) is 9.59 Å². The summed E-state index contributed by atoms with van der Waals surface area (Å²) in [5, 5.41) is 3.18. The second kappa shape index (κ2) is 6.72. The molecule has 5 nitrogen and oxygen atoms in total. The Morgan fingerprint density at radius 3 is 2.52 bits per heavy atom. The smallest absolute Gasteiger partial charge is 0.229 e. The van der Waals surface area contributed by atoms with Crippen molar-refractivity contribution in [1.29, 1.82) is 0 Å². The van der Waals surface area contributed by atoms with Gasteiger partial charge in [-0.2, -0.15) is 0 Å². The first-order chi connectivity index (χ1) is 10.1. The third kappa shape index (κ3) is 3.42. The Morgan fingerprint density at radius 1 is 1.29 bits per heavy atom. The molecule has 0 bridgehead atoms. The number of rotatable bonds is 5. The standard InChI is InChI=1S/C16H22N2O3/c1-11-7-8-14(21-3)12(9-11)13(17-2)10-18-15(19)5-4-6-16(18)20/h7-9,13,17H,4-6,10H2,1-3H3. The second-order valence-corrected chi connectivity index (χ2v) is 5.34. The summed E-state index contributed by atoms with van der Waals surface area (Å²) in [4.78, 5) is 25.3. The number of aryl methyl sites for hydroxylation is 1. The quantitative estimate of drug-likeness (QED) is 0.840. The van der Waals surface area contributed by atoms with E-state index >= 15 is 0 Å². The van der Waals surface area contributed by atoms with Crippen molar-refractivity contribution in [3.63, 3.8) is 0 Å². The summed E-state index contributed by atoms with van der Waals surface area (Å²) in [5.74, 6) is 0.591. The van der Waals surface area contributed by atoms with E-state index in [9.17, 15) is 9.59 Å². The van der Waals surface area contributed by atoms with Gasteiger partial charge in [0, 0.05) is 24.9 Å². The topological polar surface area (TPSA) is 58.6 Å². The molecule has 1 atom stereocenters. The van der Waals surface area contributed by atoms with Crippen LogP contribution in [0.15, 0.2) is 18.2 Å². The van der Waals surface area contributed by atoms with Crippen LogP contribution in [0.2, 0.25) is 0 Å². The van der Waals surface area contributed by atoms with Crippen LogP contribution in [0.5, 0.6) is 5.75 Å². The molecule has 1 fully saturated rings. The van der Waals surface area contributed by atoms with E-state index in [1.807, 2.05) is 32.2 Å². The number of carbonyl (C=O) groups is 2. The highest BCUT2D eigenvalue weighted by atomic mass is 16.5. The van der Waals surface area contributed by atoms with Crippen molar-refractivity contribution in [3.8, 4) is 5.75 Å². The Morgan fingerprint density at radius 2 is 1.95 bits per heavy atom. The Kier molecular flexibility index (Phi) is 4.96. The summed E-state index contributed by atoms with van der Waals surface area (Å²) < 4.78 is 5.40. The summed E-state index contributed by atoms with van der Waals surface area (Å²) in [6, 6.07) is 5.78. The van der Waals surface area contributed by atoms with E-state index in [1.165, 1.54) is 4.90 Å². The third-order valence-corrected chi connectivity index (χ3v) is 3.86. The predicted molar refractivity (Wildman–Crippen MR) is 80.1 cm³/mol. The molecular weight excluding hydrogens is 268 g/mol. The van der Waals surface area contributed by atoms with Gasteiger partial charge in [0.2, 0.25) is 11.8 Å². The number of ether oxygens (including phenoxy) is 1. The molecule has 1 heterocycles. The number of nitrogens with one attached hydrogen (secondary N) is 1. The number of imide groups is 1. The third-order valence-electron chi connectivity index (χ3n) is 3.86. The van der Waals surface area contributed by atoms with Crippen LogP contribution in [0.3, 0.4) is 0 Å². The molecule has 1 aromatic carbocycles. The predicted octanol–water partition coefficient (Wildman–Crippen LogP) is 1.80. The maximum atomic E-state index is 12.0. The number of amides is 2. The number of hydrogen-bond acceptors (Lipinski definition) is 4. The summed E-state index contributed by atoms with van der Waals surface area (Å²) in [6.45, 7) is 2.35. The zero-order valence-corrected chi connectivity index (χ0v) is 12.8. The van der Waals surface area contributed by atoms with Gasteiger partial charge >= 0.3 is 0 Å². The van der Waals surface area contributed by atoms with Crippen molar-refractivity contribution < 1.29 is 14.3 Å². The van der Waals surface area contributed by atoms with Gasteiger partial charge in [-0.05, 0) is 26.5 Å². The van der Waals surface area contributed by atoms with Gasteiger partial charge in [0.25, 0.3) is 0 Å². The van der Waals surface area contributed by atoms with Crippen molar-refractivity contribution >= 4 is 11.8 Å². The van der Waals surface area contributed by atoms with E-state index in [0.717, 1.165) is 16.9 Å². The average Bonchev–Trinajstić information content (AvgIpc) is 2.47. The Hall–Kier alpha value is -1.88. The fourth-order valence-corrected chi connectivity index (χ4v) is 2.66. The van der Waals surface area contributed by atoms with Crippen LogP contribution in [0.4, 0.5) is 0 Å².